The zero-order chi connectivity index (χ0) is 27.2. The fourth-order valence-corrected chi connectivity index (χ4v) is 5.77. The predicted molar refractivity (Wildman–Crippen MR) is 150 cm³/mol. The van der Waals surface area contributed by atoms with Crippen molar-refractivity contribution in [2.75, 3.05) is 17.4 Å². The molecular formula is C28H32BrN3O4S. The number of nitrogens with zero attached hydrogens (tertiary/aromatic N) is 2. The lowest BCUT2D eigenvalue weighted by Gasteiger charge is -2.32. The van der Waals surface area contributed by atoms with Crippen LogP contribution in [0.3, 0.4) is 0 Å². The summed E-state index contributed by atoms with van der Waals surface area (Å²) < 4.78 is 29.6. The number of sulfonamides is 1. The Morgan fingerprint density at radius 2 is 1.62 bits per heavy atom. The summed E-state index contributed by atoms with van der Waals surface area (Å²) in [6.45, 7) is 7.30. The minimum Gasteiger partial charge on any atom is -0.355 e. The summed E-state index contributed by atoms with van der Waals surface area (Å²) in [5.41, 5.74) is 2.93. The summed E-state index contributed by atoms with van der Waals surface area (Å²) >= 11 is 3.41. The number of amides is 2. The Morgan fingerprint density at radius 1 is 0.973 bits per heavy atom. The molecule has 7 nitrogen and oxygen atoms in total. The van der Waals surface area contributed by atoms with Crippen molar-refractivity contribution in [2.24, 2.45) is 0 Å². The van der Waals surface area contributed by atoms with Gasteiger partial charge in [-0.15, -0.1) is 0 Å². The molecule has 0 aliphatic rings. The SMILES string of the molecule is CCNC(=O)[C@H](C)N(Cc1ccc(Br)cc1)C(=O)CN(c1ccc(C)cc1C)S(=O)(=O)c1ccccc1. The van der Waals surface area contributed by atoms with Gasteiger partial charge in [0.25, 0.3) is 10.0 Å². The molecule has 1 atom stereocenters. The first kappa shape index (κ1) is 28.4. The van der Waals surface area contributed by atoms with Gasteiger partial charge in [0.15, 0.2) is 0 Å². The fourth-order valence-electron chi connectivity index (χ4n) is 4.01. The molecule has 1 N–H and O–H groups in total. The molecule has 3 aromatic rings. The molecule has 3 rings (SSSR count). The highest BCUT2D eigenvalue weighted by Crippen LogP contribution is 2.28. The van der Waals surface area contributed by atoms with Crippen molar-refractivity contribution >= 4 is 43.5 Å². The number of likely N-dealkylation sites (N-methyl/N-ethyl adjacent to an activating group) is 1. The highest BCUT2D eigenvalue weighted by molar-refractivity contribution is 9.10. The van der Waals surface area contributed by atoms with Gasteiger partial charge in [-0.05, 0) is 69.2 Å². The molecule has 0 heterocycles. The van der Waals surface area contributed by atoms with Gasteiger partial charge >= 0.3 is 0 Å². The second-order valence-corrected chi connectivity index (χ2v) is 11.6. The van der Waals surface area contributed by atoms with Gasteiger partial charge in [0.2, 0.25) is 11.8 Å². The van der Waals surface area contributed by atoms with Gasteiger partial charge in [0.05, 0.1) is 10.6 Å². The Kier molecular flexibility index (Phi) is 9.50. The lowest BCUT2D eigenvalue weighted by molar-refractivity contribution is -0.139. The molecule has 0 saturated heterocycles. The van der Waals surface area contributed by atoms with Gasteiger partial charge in [-0.1, -0.05) is 64.0 Å². The molecule has 0 unspecified atom stereocenters. The maximum atomic E-state index is 13.8. The van der Waals surface area contributed by atoms with Gasteiger partial charge in [-0.25, -0.2) is 8.42 Å². The zero-order valence-corrected chi connectivity index (χ0v) is 23.8. The summed E-state index contributed by atoms with van der Waals surface area (Å²) in [6, 6.07) is 20.1. The van der Waals surface area contributed by atoms with E-state index in [1.807, 2.05) is 50.2 Å². The van der Waals surface area contributed by atoms with Crippen molar-refractivity contribution in [1.29, 1.82) is 0 Å². The Balaban J connectivity index is 2.04. The Morgan fingerprint density at radius 3 is 2.22 bits per heavy atom. The molecule has 0 aliphatic carbocycles. The number of aryl methyl sites for hydroxylation is 2. The van der Waals surface area contributed by atoms with Gasteiger partial charge < -0.3 is 10.2 Å². The summed E-state index contributed by atoms with van der Waals surface area (Å²) in [7, 11) is -4.07. The molecule has 0 aliphatic heterocycles. The summed E-state index contributed by atoms with van der Waals surface area (Å²) in [5, 5.41) is 2.76. The van der Waals surface area contributed by atoms with Crippen molar-refractivity contribution in [3.63, 3.8) is 0 Å². The lowest BCUT2D eigenvalue weighted by atomic mass is 10.1. The second-order valence-electron chi connectivity index (χ2n) is 8.83. The molecule has 0 bridgehead atoms. The third-order valence-electron chi connectivity index (χ3n) is 6.02. The fraction of sp³-hybridized carbons (Fsp3) is 0.286. The van der Waals surface area contributed by atoms with Crippen molar-refractivity contribution < 1.29 is 18.0 Å². The molecule has 9 heteroatoms. The van der Waals surface area contributed by atoms with E-state index in [0.717, 1.165) is 25.5 Å². The van der Waals surface area contributed by atoms with E-state index < -0.39 is 28.5 Å². The molecule has 196 valence electrons. The number of anilines is 1. The van der Waals surface area contributed by atoms with E-state index in [1.165, 1.54) is 17.0 Å². The van der Waals surface area contributed by atoms with Crippen LogP contribution >= 0.6 is 15.9 Å². The molecule has 3 aromatic carbocycles. The molecule has 0 spiro atoms. The van der Waals surface area contributed by atoms with Crippen molar-refractivity contribution in [3.05, 3.63) is 94.0 Å². The van der Waals surface area contributed by atoms with Crippen LogP contribution in [0.4, 0.5) is 5.69 Å². The Bertz CT molecular complexity index is 1350. The number of halogens is 1. The van der Waals surface area contributed by atoms with Crippen LogP contribution in [0.15, 0.2) is 82.2 Å². The summed E-state index contributed by atoms with van der Waals surface area (Å²) in [4.78, 5) is 28.1. The number of hydrogen-bond acceptors (Lipinski definition) is 4. The van der Waals surface area contributed by atoms with Crippen LogP contribution in [0, 0.1) is 13.8 Å². The minimum atomic E-state index is -4.07. The minimum absolute atomic E-state index is 0.0824. The van der Waals surface area contributed by atoms with Gasteiger partial charge in [0.1, 0.15) is 12.6 Å². The highest BCUT2D eigenvalue weighted by atomic mass is 79.9. The Hall–Kier alpha value is -3.17. The number of carbonyl (C=O) groups excluding carboxylic acids is 2. The van der Waals surface area contributed by atoms with E-state index in [2.05, 4.69) is 21.2 Å². The maximum Gasteiger partial charge on any atom is 0.264 e. The molecule has 0 aromatic heterocycles. The number of rotatable bonds is 10. The van der Waals surface area contributed by atoms with E-state index in [9.17, 15) is 18.0 Å². The normalized spacial score (nSPS) is 12.0. The first-order valence-corrected chi connectivity index (χ1v) is 14.2. The topological polar surface area (TPSA) is 86.8 Å². The monoisotopic (exact) mass is 585 g/mol. The summed E-state index contributed by atoms with van der Waals surface area (Å²) in [5.74, 6) is -0.793. The highest BCUT2D eigenvalue weighted by Gasteiger charge is 2.33. The standard InChI is InChI=1S/C28H32BrN3O4S/c1-5-30-28(34)22(4)31(18-23-12-14-24(29)15-13-23)27(33)19-32(26-16-11-20(2)17-21(26)3)37(35,36)25-9-7-6-8-10-25/h6-17,22H,5,18-19H2,1-4H3,(H,30,34)/t22-/m0/s1. The van der Waals surface area contributed by atoms with Crippen molar-refractivity contribution in [3.8, 4) is 0 Å². The first-order valence-electron chi connectivity index (χ1n) is 12.0. The molecule has 0 fully saturated rings. The lowest BCUT2D eigenvalue weighted by Crippen LogP contribution is -2.51. The van der Waals surface area contributed by atoms with Gasteiger partial charge in [-0.2, -0.15) is 0 Å². The van der Waals surface area contributed by atoms with Crippen LogP contribution in [0.5, 0.6) is 0 Å². The average Bonchev–Trinajstić information content (AvgIpc) is 2.87. The third kappa shape index (κ3) is 6.99. The molecular weight excluding hydrogens is 554 g/mol. The van der Waals surface area contributed by atoms with E-state index in [-0.39, 0.29) is 17.3 Å². The third-order valence-corrected chi connectivity index (χ3v) is 8.32. The average molecular weight is 587 g/mol. The van der Waals surface area contributed by atoms with Crippen LogP contribution < -0.4 is 9.62 Å². The largest absolute Gasteiger partial charge is 0.355 e. The number of hydrogen-bond donors (Lipinski definition) is 1. The zero-order valence-electron chi connectivity index (χ0n) is 21.4. The van der Waals surface area contributed by atoms with E-state index in [0.29, 0.717) is 12.2 Å². The second kappa shape index (κ2) is 12.4. The smallest absolute Gasteiger partial charge is 0.264 e. The van der Waals surface area contributed by atoms with E-state index in [4.69, 9.17) is 0 Å². The Labute approximate surface area is 227 Å². The van der Waals surface area contributed by atoms with Crippen LogP contribution in [0.25, 0.3) is 0 Å². The molecule has 0 saturated carbocycles. The maximum absolute atomic E-state index is 13.8. The molecule has 37 heavy (non-hydrogen) atoms. The van der Waals surface area contributed by atoms with Crippen LogP contribution in [0.1, 0.15) is 30.5 Å². The van der Waals surface area contributed by atoms with Crippen molar-refractivity contribution in [2.45, 2.75) is 45.2 Å². The number of carbonyl (C=O) groups is 2. The van der Waals surface area contributed by atoms with E-state index >= 15 is 0 Å². The van der Waals surface area contributed by atoms with Crippen LogP contribution in [-0.2, 0) is 26.2 Å². The molecule has 2 amide bonds. The molecule has 0 radical (unpaired) electrons. The summed E-state index contributed by atoms with van der Waals surface area (Å²) in [6.07, 6.45) is 0. The van der Waals surface area contributed by atoms with Gasteiger partial charge in [0, 0.05) is 17.6 Å². The van der Waals surface area contributed by atoms with Crippen LogP contribution in [-0.4, -0.2) is 44.3 Å². The first-order chi connectivity index (χ1) is 17.5. The van der Waals surface area contributed by atoms with Crippen molar-refractivity contribution in [1.82, 2.24) is 10.2 Å². The predicted octanol–water partition coefficient (Wildman–Crippen LogP) is 4.81. The van der Waals surface area contributed by atoms with E-state index in [1.54, 1.807) is 38.1 Å². The quantitative estimate of drug-likeness (QED) is 0.370. The number of nitrogens with one attached hydrogen (secondary N) is 1. The van der Waals surface area contributed by atoms with Crippen LogP contribution in [0.2, 0.25) is 0 Å². The van der Waals surface area contributed by atoms with Gasteiger partial charge in [-0.3, -0.25) is 13.9 Å². The number of benzene rings is 3.